The maximum absolute atomic E-state index is 5.60. The monoisotopic (exact) mass is 322 g/mol. The quantitative estimate of drug-likeness (QED) is 0.480. The predicted octanol–water partition coefficient (Wildman–Crippen LogP) is 5.07. The van der Waals surface area contributed by atoms with Crippen LogP contribution in [0.2, 0.25) is 0 Å². The van der Waals surface area contributed by atoms with Gasteiger partial charge in [-0.25, -0.2) is 0 Å². The molecule has 0 aromatic heterocycles. The summed E-state index contributed by atoms with van der Waals surface area (Å²) >= 11 is 5.60. The third-order valence-electron chi connectivity index (χ3n) is 3.69. The zero-order valence-electron chi connectivity index (χ0n) is 14.2. The van der Waals surface area contributed by atoms with Gasteiger partial charge in [-0.3, -0.25) is 0 Å². The Morgan fingerprint density at radius 3 is 2.00 bits per heavy atom. The summed E-state index contributed by atoms with van der Waals surface area (Å²) in [6.45, 7) is 6.55. The Morgan fingerprint density at radius 1 is 1.00 bits per heavy atom. The molecule has 0 aliphatic rings. The summed E-state index contributed by atoms with van der Waals surface area (Å²) in [7, 11) is 1.68. The van der Waals surface area contributed by atoms with Gasteiger partial charge in [-0.1, -0.05) is 39.5 Å². The van der Waals surface area contributed by atoms with Gasteiger partial charge in [-0.15, -0.1) is 0 Å². The number of thiocarbonyl (C=S) groups is 1. The number of hydrogen-bond donors (Lipinski definition) is 1. The van der Waals surface area contributed by atoms with Gasteiger partial charge in [0.25, 0.3) is 0 Å². The van der Waals surface area contributed by atoms with Crippen molar-refractivity contribution in [1.29, 1.82) is 0 Å². The van der Waals surface area contributed by atoms with Crippen molar-refractivity contribution in [2.24, 2.45) is 0 Å². The average molecular weight is 323 g/mol. The molecule has 0 aliphatic carbocycles. The summed E-state index contributed by atoms with van der Waals surface area (Å²) in [5.74, 6) is 0.860. The van der Waals surface area contributed by atoms with Crippen LogP contribution in [0.4, 0.5) is 5.69 Å². The minimum Gasteiger partial charge on any atom is -0.497 e. The van der Waals surface area contributed by atoms with Gasteiger partial charge >= 0.3 is 0 Å². The Balaban J connectivity index is 2.55. The van der Waals surface area contributed by atoms with Crippen molar-refractivity contribution in [2.75, 3.05) is 25.5 Å². The Kier molecular flexibility index (Phi) is 9.64. The van der Waals surface area contributed by atoms with Crippen LogP contribution < -0.4 is 10.1 Å². The first kappa shape index (κ1) is 18.8. The Bertz CT molecular complexity index is 410. The second-order valence-corrected chi connectivity index (χ2v) is 5.95. The molecule has 0 unspecified atom stereocenters. The Hall–Kier alpha value is -1.29. The standard InChI is InChI=1S/C18H30N2OS/c1-4-6-8-14-20(15-9-7-5-2)18(22)19-16-10-12-17(21-3)13-11-16/h10-13H,4-9,14-15H2,1-3H3,(H,19,22). The molecule has 0 atom stereocenters. The molecule has 0 saturated carbocycles. The van der Waals surface area contributed by atoms with E-state index in [0.717, 1.165) is 29.6 Å². The van der Waals surface area contributed by atoms with E-state index in [-0.39, 0.29) is 0 Å². The Labute approximate surface area is 141 Å². The number of nitrogens with one attached hydrogen (secondary N) is 1. The molecular weight excluding hydrogens is 292 g/mol. The molecule has 0 radical (unpaired) electrons. The molecule has 1 aromatic rings. The van der Waals surface area contributed by atoms with Crippen molar-refractivity contribution >= 4 is 23.0 Å². The molecule has 0 spiro atoms. The zero-order chi connectivity index (χ0) is 16.2. The zero-order valence-corrected chi connectivity index (χ0v) is 15.0. The third kappa shape index (κ3) is 7.12. The van der Waals surface area contributed by atoms with Crippen LogP contribution >= 0.6 is 12.2 Å². The second-order valence-electron chi connectivity index (χ2n) is 5.56. The summed E-state index contributed by atoms with van der Waals surface area (Å²) in [5, 5.41) is 4.18. The van der Waals surface area contributed by atoms with Gasteiger partial charge < -0.3 is 15.0 Å². The normalized spacial score (nSPS) is 10.3. The van der Waals surface area contributed by atoms with E-state index in [1.54, 1.807) is 7.11 Å². The van der Waals surface area contributed by atoms with Gasteiger partial charge in [-0.2, -0.15) is 0 Å². The van der Waals surface area contributed by atoms with Crippen molar-refractivity contribution in [3.8, 4) is 5.75 Å². The lowest BCUT2D eigenvalue weighted by Gasteiger charge is -2.26. The van der Waals surface area contributed by atoms with E-state index < -0.39 is 0 Å². The molecule has 1 rings (SSSR count). The van der Waals surface area contributed by atoms with Gasteiger partial charge in [0.05, 0.1) is 7.11 Å². The number of unbranched alkanes of at least 4 members (excludes halogenated alkanes) is 4. The maximum atomic E-state index is 5.60. The van der Waals surface area contributed by atoms with Gasteiger partial charge in [0.15, 0.2) is 5.11 Å². The van der Waals surface area contributed by atoms with Crippen molar-refractivity contribution in [3.63, 3.8) is 0 Å². The fraction of sp³-hybridized carbons (Fsp3) is 0.611. The van der Waals surface area contributed by atoms with E-state index in [1.807, 2.05) is 24.3 Å². The molecule has 4 heteroatoms. The van der Waals surface area contributed by atoms with Crippen LogP contribution in [0.15, 0.2) is 24.3 Å². The smallest absolute Gasteiger partial charge is 0.173 e. The van der Waals surface area contributed by atoms with Crippen LogP contribution in [0.3, 0.4) is 0 Å². The highest BCUT2D eigenvalue weighted by Gasteiger charge is 2.09. The largest absolute Gasteiger partial charge is 0.497 e. The number of ether oxygens (including phenoxy) is 1. The van der Waals surface area contributed by atoms with Gasteiger partial charge in [0.1, 0.15) is 5.75 Å². The first-order valence-electron chi connectivity index (χ1n) is 8.41. The predicted molar refractivity (Wildman–Crippen MR) is 99.8 cm³/mol. The molecule has 3 nitrogen and oxygen atoms in total. The number of hydrogen-bond acceptors (Lipinski definition) is 2. The van der Waals surface area contributed by atoms with Crippen LogP contribution in [-0.4, -0.2) is 30.2 Å². The lowest BCUT2D eigenvalue weighted by molar-refractivity contribution is 0.395. The minimum absolute atomic E-state index is 0.831. The van der Waals surface area contributed by atoms with E-state index in [9.17, 15) is 0 Å². The van der Waals surface area contributed by atoms with Crippen LogP contribution in [0, 0.1) is 0 Å². The van der Waals surface area contributed by atoms with Gasteiger partial charge in [0, 0.05) is 18.8 Å². The number of nitrogens with zero attached hydrogens (tertiary/aromatic N) is 1. The third-order valence-corrected chi connectivity index (χ3v) is 4.05. The van der Waals surface area contributed by atoms with E-state index in [2.05, 4.69) is 24.1 Å². The number of benzene rings is 1. The molecule has 0 saturated heterocycles. The molecule has 1 aromatic carbocycles. The summed E-state index contributed by atoms with van der Waals surface area (Å²) in [6, 6.07) is 7.90. The maximum Gasteiger partial charge on any atom is 0.173 e. The highest BCUT2D eigenvalue weighted by atomic mass is 32.1. The molecule has 0 amide bonds. The summed E-state index contributed by atoms with van der Waals surface area (Å²) in [4.78, 5) is 2.31. The molecule has 0 aliphatic heterocycles. The number of rotatable bonds is 10. The second kappa shape index (κ2) is 11.3. The van der Waals surface area contributed by atoms with Gasteiger partial charge in [0.2, 0.25) is 0 Å². The molecule has 0 fully saturated rings. The SMILES string of the molecule is CCCCCN(CCCCC)C(=S)Nc1ccc(OC)cc1. The van der Waals surface area contributed by atoms with E-state index >= 15 is 0 Å². The Morgan fingerprint density at radius 2 is 1.55 bits per heavy atom. The molecule has 0 bridgehead atoms. The molecule has 1 N–H and O–H groups in total. The van der Waals surface area contributed by atoms with Crippen molar-refractivity contribution in [2.45, 2.75) is 52.4 Å². The number of methoxy groups -OCH3 is 1. The van der Waals surface area contributed by atoms with Crippen molar-refractivity contribution in [1.82, 2.24) is 4.90 Å². The van der Waals surface area contributed by atoms with E-state index in [4.69, 9.17) is 17.0 Å². The van der Waals surface area contributed by atoms with Crippen molar-refractivity contribution < 1.29 is 4.74 Å². The summed E-state index contributed by atoms with van der Waals surface area (Å²) < 4.78 is 5.18. The average Bonchev–Trinajstić information content (AvgIpc) is 2.54. The fourth-order valence-corrected chi connectivity index (χ4v) is 2.60. The summed E-state index contributed by atoms with van der Waals surface area (Å²) in [6.07, 6.45) is 7.40. The highest BCUT2D eigenvalue weighted by molar-refractivity contribution is 7.80. The molecule has 124 valence electrons. The minimum atomic E-state index is 0.831. The summed E-state index contributed by atoms with van der Waals surface area (Å²) in [5.41, 5.74) is 1.02. The van der Waals surface area contributed by atoms with Crippen LogP contribution in [0.25, 0.3) is 0 Å². The van der Waals surface area contributed by atoms with Crippen LogP contribution in [0.1, 0.15) is 52.4 Å². The molecular formula is C18H30N2OS. The fourth-order valence-electron chi connectivity index (χ4n) is 2.30. The number of anilines is 1. The topological polar surface area (TPSA) is 24.5 Å². The van der Waals surface area contributed by atoms with Gasteiger partial charge in [-0.05, 0) is 49.3 Å². The molecule has 22 heavy (non-hydrogen) atoms. The lowest BCUT2D eigenvalue weighted by Crippen LogP contribution is -2.36. The highest BCUT2D eigenvalue weighted by Crippen LogP contribution is 2.16. The van der Waals surface area contributed by atoms with E-state index in [0.29, 0.717) is 0 Å². The van der Waals surface area contributed by atoms with Crippen molar-refractivity contribution in [3.05, 3.63) is 24.3 Å². The first-order valence-corrected chi connectivity index (χ1v) is 8.82. The molecule has 0 heterocycles. The van der Waals surface area contributed by atoms with Crippen LogP contribution in [0.5, 0.6) is 5.75 Å². The lowest BCUT2D eigenvalue weighted by atomic mass is 10.2. The van der Waals surface area contributed by atoms with E-state index in [1.165, 1.54) is 38.5 Å². The van der Waals surface area contributed by atoms with Crippen LogP contribution in [-0.2, 0) is 0 Å². The first-order chi connectivity index (χ1) is 10.7.